The molecule has 1 heterocycles. The van der Waals surface area contributed by atoms with E-state index >= 15 is 0 Å². The van der Waals surface area contributed by atoms with Crippen molar-refractivity contribution in [1.82, 2.24) is 0 Å². The van der Waals surface area contributed by atoms with Gasteiger partial charge in [-0.15, -0.1) is 0 Å². The number of esters is 1. The van der Waals surface area contributed by atoms with Crippen LogP contribution in [0.2, 0.25) is 0 Å². The fourth-order valence-corrected chi connectivity index (χ4v) is 2.13. The highest BCUT2D eigenvalue weighted by Gasteiger charge is 2.39. The molecule has 1 N–H and O–H groups in total. The number of aliphatic hydroxyl groups excluding tert-OH is 1. The van der Waals surface area contributed by atoms with E-state index in [1.807, 2.05) is 19.9 Å². The van der Waals surface area contributed by atoms with Gasteiger partial charge < -0.3 is 19.3 Å². The van der Waals surface area contributed by atoms with Gasteiger partial charge in [0.25, 0.3) is 0 Å². The first-order valence-corrected chi connectivity index (χ1v) is 6.70. The third-order valence-corrected chi connectivity index (χ3v) is 3.13. The topological polar surface area (TPSA) is 65.0 Å². The molecule has 2 atom stereocenters. The van der Waals surface area contributed by atoms with Gasteiger partial charge in [0, 0.05) is 13.0 Å². The van der Waals surface area contributed by atoms with Crippen molar-refractivity contribution in [3.63, 3.8) is 0 Å². The normalized spacial score (nSPS) is 22.4. The largest absolute Gasteiger partial charge is 0.456 e. The minimum absolute atomic E-state index is 0.0764. The van der Waals surface area contributed by atoms with Crippen LogP contribution in [0.25, 0.3) is 0 Å². The fourth-order valence-electron chi connectivity index (χ4n) is 2.13. The Hall–Kier alpha value is -1.43. The Morgan fingerprint density at radius 3 is 2.70 bits per heavy atom. The fraction of sp³-hybridized carbons (Fsp3) is 0.533. The molecule has 0 bridgehead atoms. The second kappa shape index (κ2) is 6.35. The number of hydrogen-bond donors (Lipinski definition) is 1. The highest BCUT2D eigenvalue weighted by Crippen LogP contribution is 2.26. The second-order valence-corrected chi connectivity index (χ2v) is 5.19. The first-order valence-electron chi connectivity index (χ1n) is 6.70. The number of benzene rings is 1. The van der Waals surface area contributed by atoms with Crippen LogP contribution in [0.3, 0.4) is 0 Å². The number of aliphatic hydroxyl groups is 1. The van der Waals surface area contributed by atoms with Crippen molar-refractivity contribution in [3.8, 4) is 0 Å². The van der Waals surface area contributed by atoms with Crippen molar-refractivity contribution in [1.29, 1.82) is 0 Å². The lowest BCUT2D eigenvalue weighted by Crippen LogP contribution is -2.35. The van der Waals surface area contributed by atoms with Crippen LogP contribution in [0.1, 0.15) is 30.6 Å². The molecule has 0 saturated carbocycles. The first kappa shape index (κ1) is 15.0. The van der Waals surface area contributed by atoms with E-state index in [0.717, 1.165) is 0 Å². The summed E-state index contributed by atoms with van der Waals surface area (Å²) in [6.45, 7) is 3.89. The molecule has 20 heavy (non-hydrogen) atoms. The van der Waals surface area contributed by atoms with Gasteiger partial charge >= 0.3 is 5.97 Å². The summed E-state index contributed by atoms with van der Waals surface area (Å²) in [7, 11) is 0. The zero-order valence-electron chi connectivity index (χ0n) is 11.7. The average Bonchev–Trinajstić information content (AvgIpc) is 2.79. The smallest absolute Gasteiger partial charge is 0.338 e. The molecule has 1 fully saturated rings. The standard InChI is InChI=1S/C15H20O5/c1-15(2)18-10-13(20-15)12(8-9-16)19-14(17)11-6-4-3-5-7-11/h3-7,12-13,16H,8-10H2,1-2H3/t12-,13+/m1/s1. The number of carbonyl (C=O) groups excluding carboxylic acids is 1. The minimum atomic E-state index is -0.683. The molecule has 1 aliphatic heterocycles. The van der Waals surface area contributed by atoms with Gasteiger partial charge in [0.05, 0.1) is 12.2 Å². The minimum Gasteiger partial charge on any atom is -0.456 e. The number of ether oxygens (including phenoxy) is 3. The zero-order valence-corrected chi connectivity index (χ0v) is 11.7. The van der Waals surface area contributed by atoms with E-state index in [9.17, 15) is 4.79 Å². The van der Waals surface area contributed by atoms with Crippen molar-refractivity contribution in [2.75, 3.05) is 13.2 Å². The third-order valence-electron chi connectivity index (χ3n) is 3.13. The van der Waals surface area contributed by atoms with E-state index < -0.39 is 17.9 Å². The molecule has 1 aromatic carbocycles. The van der Waals surface area contributed by atoms with Crippen LogP contribution in [0, 0.1) is 0 Å². The maximum absolute atomic E-state index is 12.0. The van der Waals surface area contributed by atoms with Crippen molar-refractivity contribution in [2.45, 2.75) is 38.3 Å². The molecule has 0 unspecified atom stereocenters. The van der Waals surface area contributed by atoms with E-state index in [4.69, 9.17) is 19.3 Å². The van der Waals surface area contributed by atoms with Crippen LogP contribution in [0.5, 0.6) is 0 Å². The van der Waals surface area contributed by atoms with Gasteiger partial charge in [0.15, 0.2) is 5.79 Å². The van der Waals surface area contributed by atoms with Crippen LogP contribution in [-0.2, 0) is 14.2 Å². The Balaban J connectivity index is 2.01. The lowest BCUT2D eigenvalue weighted by molar-refractivity contribution is -0.152. The molecule has 110 valence electrons. The molecular weight excluding hydrogens is 260 g/mol. The van der Waals surface area contributed by atoms with Gasteiger partial charge in [0.2, 0.25) is 0 Å². The van der Waals surface area contributed by atoms with Crippen molar-refractivity contribution >= 4 is 5.97 Å². The lowest BCUT2D eigenvalue weighted by Gasteiger charge is -2.23. The quantitative estimate of drug-likeness (QED) is 0.832. The molecule has 1 saturated heterocycles. The Morgan fingerprint density at radius 1 is 1.45 bits per heavy atom. The summed E-state index contributed by atoms with van der Waals surface area (Å²) >= 11 is 0. The highest BCUT2D eigenvalue weighted by atomic mass is 16.8. The summed E-state index contributed by atoms with van der Waals surface area (Å²) in [5.74, 6) is -1.10. The highest BCUT2D eigenvalue weighted by molar-refractivity contribution is 5.89. The van der Waals surface area contributed by atoms with Gasteiger partial charge in [-0.25, -0.2) is 4.79 Å². The first-order chi connectivity index (χ1) is 9.52. The maximum Gasteiger partial charge on any atom is 0.338 e. The van der Waals surface area contributed by atoms with Crippen molar-refractivity contribution in [2.24, 2.45) is 0 Å². The van der Waals surface area contributed by atoms with Gasteiger partial charge in [-0.2, -0.15) is 0 Å². The third kappa shape index (κ3) is 3.79. The molecule has 0 amide bonds. The van der Waals surface area contributed by atoms with Crippen LogP contribution in [0.15, 0.2) is 30.3 Å². The predicted octanol–water partition coefficient (Wildman–Crippen LogP) is 1.75. The van der Waals surface area contributed by atoms with Crippen LogP contribution < -0.4 is 0 Å². The van der Waals surface area contributed by atoms with Gasteiger partial charge in [-0.1, -0.05) is 18.2 Å². The Morgan fingerprint density at radius 2 is 2.15 bits per heavy atom. The van der Waals surface area contributed by atoms with Crippen LogP contribution in [-0.4, -0.2) is 42.3 Å². The average molecular weight is 280 g/mol. The second-order valence-electron chi connectivity index (χ2n) is 5.19. The van der Waals surface area contributed by atoms with Crippen LogP contribution in [0.4, 0.5) is 0 Å². The van der Waals surface area contributed by atoms with Crippen LogP contribution >= 0.6 is 0 Å². The molecule has 1 aromatic rings. The summed E-state index contributed by atoms with van der Waals surface area (Å²) < 4.78 is 16.6. The SMILES string of the molecule is CC1(C)OC[C@@H]([C@@H](CCO)OC(=O)c2ccccc2)O1. The molecule has 5 nitrogen and oxygen atoms in total. The summed E-state index contributed by atoms with van der Waals surface area (Å²) in [6.07, 6.45) is -0.554. The summed E-state index contributed by atoms with van der Waals surface area (Å²) in [4.78, 5) is 12.0. The van der Waals surface area contributed by atoms with E-state index in [1.54, 1.807) is 24.3 Å². The van der Waals surface area contributed by atoms with Gasteiger partial charge in [-0.05, 0) is 26.0 Å². The summed E-state index contributed by atoms with van der Waals surface area (Å²) in [5, 5.41) is 9.12. The summed E-state index contributed by atoms with van der Waals surface area (Å²) in [6, 6.07) is 8.76. The Bertz CT molecular complexity index is 443. The monoisotopic (exact) mass is 280 g/mol. The molecule has 5 heteroatoms. The zero-order chi connectivity index (χ0) is 14.6. The van der Waals surface area contributed by atoms with Crippen molar-refractivity contribution < 1.29 is 24.1 Å². The Labute approximate surface area is 118 Å². The molecule has 1 aliphatic rings. The summed E-state index contributed by atoms with van der Waals surface area (Å²) in [5.41, 5.74) is 0.480. The molecule has 0 aliphatic carbocycles. The lowest BCUT2D eigenvalue weighted by atomic mass is 10.1. The van der Waals surface area contributed by atoms with Crippen molar-refractivity contribution in [3.05, 3.63) is 35.9 Å². The van der Waals surface area contributed by atoms with Gasteiger partial charge in [0.1, 0.15) is 12.2 Å². The maximum atomic E-state index is 12.0. The van der Waals surface area contributed by atoms with E-state index in [-0.39, 0.29) is 12.7 Å². The molecular formula is C15H20O5. The van der Waals surface area contributed by atoms with E-state index in [1.165, 1.54) is 0 Å². The molecule has 2 rings (SSSR count). The number of carbonyl (C=O) groups is 1. The number of rotatable bonds is 5. The Kier molecular flexibility index (Phi) is 4.75. The number of hydrogen-bond acceptors (Lipinski definition) is 5. The van der Waals surface area contributed by atoms with E-state index in [2.05, 4.69) is 0 Å². The molecule has 0 aromatic heterocycles. The molecule has 0 radical (unpaired) electrons. The van der Waals surface area contributed by atoms with E-state index in [0.29, 0.717) is 18.6 Å². The molecule has 0 spiro atoms. The predicted molar refractivity (Wildman–Crippen MR) is 72.3 cm³/mol. The van der Waals surface area contributed by atoms with Gasteiger partial charge in [-0.3, -0.25) is 0 Å².